The van der Waals surface area contributed by atoms with E-state index in [2.05, 4.69) is 0 Å². The van der Waals surface area contributed by atoms with Gasteiger partial charge in [0.25, 0.3) is 0 Å². The van der Waals surface area contributed by atoms with Gasteiger partial charge in [0.05, 0.1) is 20.2 Å². The van der Waals surface area contributed by atoms with Crippen LogP contribution in [0.3, 0.4) is 0 Å². The Morgan fingerprint density at radius 1 is 0.483 bits per heavy atom. The molecule has 6 aromatic heterocycles. The molecule has 0 atom stereocenters. The van der Waals surface area contributed by atoms with Crippen LogP contribution in [0.5, 0.6) is 0 Å². The van der Waals surface area contributed by atoms with Crippen LogP contribution < -0.4 is 0 Å². The summed E-state index contributed by atoms with van der Waals surface area (Å²) in [6.45, 7) is 11.3. The molecule has 58 heavy (non-hydrogen) atoms. The van der Waals surface area contributed by atoms with Gasteiger partial charge >= 0.3 is 35.7 Å². The summed E-state index contributed by atoms with van der Waals surface area (Å²) in [5.41, 5.74) is -5.94. The van der Waals surface area contributed by atoms with Crippen molar-refractivity contribution in [2.75, 3.05) is 0 Å². The van der Waals surface area contributed by atoms with Gasteiger partial charge in [-0.05, 0) is 65.4 Å². The molecule has 0 aliphatic heterocycles. The molecule has 0 unspecified atom stereocenters. The van der Waals surface area contributed by atoms with Gasteiger partial charge in [0.15, 0.2) is 0 Å². The van der Waals surface area contributed by atoms with Gasteiger partial charge in [-0.25, -0.2) is 14.4 Å². The number of hydrogen-bond donors (Lipinski definition) is 3. The van der Waals surface area contributed by atoms with Crippen LogP contribution in [0.2, 0.25) is 0 Å². The van der Waals surface area contributed by atoms with Crippen molar-refractivity contribution in [3.05, 3.63) is 90.8 Å². The van der Waals surface area contributed by atoms with Crippen LogP contribution in [0, 0.1) is 0 Å². The summed E-state index contributed by atoms with van der Waals surface area (Å²) >= 11 is 5.15. The van der Waals surface area contributed by atoms with E-state index in [0.29, 0.717) is 43.8 Å². The van der Waals surface area contributed by atoms with E-state index in [4.69, 9.17) is 0 Å². The molecule has 0 radical (unpaired) electrons. The van der Waals surface area contributed by atoms with E-state index in [-0.39, 0.29) is 54.9 Å². The average molecular weight is 913 g/mol. The molecule has 1 aliphatic rings. The number of thiophene rings is 6. The molecule has 0 aromatic carbocycles. The minimum absolute atomic E-state index is 0.00163. The van der Waals surface area contributed by atoms with E-state index in [1.165, 1.54) is 35.6 Å². The molecule has 6 heterocycles. The van der Waals surface area contributed by atoms with Gasteiger partial charge in [0.1, 0.15) is 9.75 Å². The van der Waals surface area contributed by atoms with Crippen LogP contribution in [0.1, 0.15) is 92.1 Å². The van der Waals surface area contributed by atoms with Gasteiger partial charge in [-0.2, -0.15) is 26.3 Å². The van der Waals surface area contributed by atoms with Gasteiger partial charge in [-0.3, -0.25) is 0 Å². The number of allylic oxidation sites excluding steroid dienone is 2. The Morgan fingerprint density at radius 3 is 1.34 bits per heavy atom. The first-order valence-corrected chi connectivity index (χ1v) is 22.0. The second-order valence-corrected chi connectivity index (χ2v) is 21.8. The van der Waals surface area contributed by atoms with E-state index >= 15 is 26.3 Å². The van der Waals surface area contributed by atoms with Crippen LogP contribution >= 0.6 is 68.0 Å². The Hall–Kier alpha value is -4.07. The van der Waals surface area contributed by atoms with Gasteiger partial charge in [-0.1, -0.05) is 41.5 Å². The minimum atomic E-state index is -5.98. The van der Waals surface area contributed by atoms with Crippen molar-refractivity contribution < 1.29 is 56.0 Å². The van der Waals surface area contributed by atoms with E-state index in [0.717, 1.165) is 45.7 Å². The van der Waals surface area contributed by atoms with Crippen molar-refractivity contribution in [1.29, 1.82) is 0 Å². The van der Waals surface area contributed by atoms with E-state index in [1.54, 1.807) is 6.07 Å². The Balaban J connectivity index is 1.60. The third kappa shape index (κ3) is 6.78. The first-order chi connectivity index (χ1) is 26.8. The van der Waals surface area contributed by atoms with Crippen LogP contribution in [-0.4, -0.2) is 51.0 Å². The molecule has 7 rings (SSSR count). The molecular weight excluding hydrogens is 883 g/mol. The molecule has 6 aromatic rings. The van der Waals surface area contributed by atoms with Crippen molar-refractivity contribution in [1.82, 2.24) is 0 Å². The van der Waals surface area contributed by atoms with E-state index < -0.39 is 63.4 Å². The lowest BCUT2D eigenvalue weighted by Gasteiger charge is -2.25. The van der Waals surface area contributed by atoms with Crippen LogP contribution in [0.4, 0.5) is 26.3 Å². The fourth-order valence-corrected chi connectivity index (χ4v) is 13.0. The average Bonchev–Trinajstić information content (AvgIpc) is 3.94. The molecule has 0 saturated heterocycles. The predicted molar refractivity (Wildman–Crippen MR) is 222 cm³/mol. The molecule has 0 amide bonds. The zero-order valence-corrected chi connectivity index (χ0v) is 35.9. The molecular formula is C40H30F6O6S6. The Bertz CT molecular complexity index is 2690. The van der Waals surface area contributed by atoms with Crippen molar-refractivity contribution in [2.24, 2.45) is 0 Å². The smallest absolute Gasteiger partial charge is 0.380 e. The second kappa shape index (κ2) is 14.0. The number of rotatable bonds is 9. The summed E-state index contributed by atoms with van der Waals surface area (Å²) < 4.78 is 98.7. The summed E-state index contributed by atoms with van der Waals surface area (Å²) in [4.78, 5) is 37.9. The normalized spacial score (nSPS) is 16.3. The molecule has 0 saturated carbocycles. The molecule has 3 N–H and O–H groups in total. The molecule has 0 bridgehead atoms. The molecule has 304 valence electrons. The predicted octanol–water partition coefficient (Wildman–Crippen LogP) is 14.2. The van der Waals surface area contributed by atoms with Gasteiger partial charge in [0, 0.05) is 56.4 Å². The van der Waals surface area contributed by atoms with Crippen molar-refractivity contribution in [3.63, 3.8) is 0 Å². The zero-order valence-electron chi connectivity index (χ0n) is 31.0. The van der Waals surface area contributed by atoms with Crippen molar-refractivity contribution in [2.45, 2.75) is 70.1 Å². The van der Waals surface area contributed by atoms with Gasteiger partial charge in [0.2, 0.25) is 0 Å². The lowest BCUT2D eigenvalue weighted by molar-refractivity contribution is -0.254. The maximum absolute atomic E-state index is 16.7. The zero-order chi connectivity index (χ0) is 42.7. The number of aromatic carboxylic acids is 3. The van der Waals surface area contributed by atoms with Gasteiger partial charge < -0.3 is 15.3 Å². The molecule has 0 spiro atoms. The summed E-state index contributed by atoms with van der Waals surface area (Å²) in [6.07, 6.45) is 0. The Morgan fingerprint density at radius 2 is 0.931 bits per heavy atom. The molecule has 6 nitrogen and oxygen atoms in total. The molecule has 18 heteroatoms. The molecule has 1 aliphatic carbocycles. The fourth-order valence-electron chi connectivity index (χ4n) is 6.31. The number of carboxylic acids is 3. The second-order valence-electron chi connectivity index (χ2n) is 15.4. The van der Waals surface area contributed by atoms with Gasteiger partial charge in [-0.15, -0.1) is 68.0 Å². The summed E-state index contributed by atoms with van der Waals surface area (Å²) in [5, 5.41) is 29.6. The van der Waals surface area contributed by atoms with Crippen molar-refractivity contribution >= 4 is 97.1 Å². The number of halogens is 6. The van der Waals surface area contributed by atoms with Crippen molar-refractivity contribution in [3.8, 4) is 39.0 Å². The fraction of sp³-hybridized carbons (Fsp3) is 0.275. The lowest BCUT2D eigenvalue weighted by Crippen LogP contribution is -2.48. The Labute approximate surface area is 351 Å². The summed E-state index contributed by atoms with van der Waals surface area (Å²) in [5.74, 6) is -21.1. The topological polar surface area (TPSA) is 112 Å². The van der Waals surface area contributed by atoms with Crippen LogP contribution in [0.25, 0.3) is 50.2 Å². The monoisotopic (exact) mass is 912 g/mol. The maximum atomic E-state index is 16.7. The van der Waals surface area contributed by atoms with E-state index in [9.17, 15) is 29.7 Å². The number of carbonyl (C=O) groups is 3. The van der Waals surface area contributed by atoms with E-state index in [1.807, 2.05) is 47.6 Å². The number of hydrogen-bond acceptors (Lipinski definition) is 9. The quantitative estimate of drug-likeness (QED) is 0.125. The van der Waals surface area contributed by atoms with Crippen LogP contribution in [0.15, 0.2) is 54.6 Å². The highest BCUT2D eigenvalue weighted by Crippen LogP contribution is 2.68. The highest BCUT2D eigenvalue weighted by Gasteiger charge is 2.80. The largest absolute Gasteiger partial charge is 0.478 e. The lowest BCUT2D eigenvalue weighted by atomic mass is 9.93. The summed E-state index contributed by atoms with van der Waals surface area (Å²) in [7, 11) is 0. The Kier molecular flexibility index (Phi) is 10.2. The van der Waals surface area contributed by atoms with Crippen LogP contribution in [-0.2, 0) is 10.8 Å². The number of carboxylic acid groups (broad SMARTS) is 3. The summed E-state index contributed by atoms with van der Waals surface area (Å²) in [6, 6.07) is 12.0. The first-order valence-electron chi connectivity index (χ1n) is 17.1. The molecule has 0 fully saturated rings. The highest BCUT2D eigenvalue weighted by atomic mass is 32.1. The first kappa shape index (κ1) is 42.1. The third-order valence-electron chi connectivity index (χ3n) is 9.26. The third-order valence-corrected chi connectivity index (χ3v) is 17.5. The minimum Gasteiger partial charge on any atom is -0.478 e. The maximum Gasteiger partial charge on any atom is 0.380 e. The number of alkyl halides is 6. The standard InChI is InChI=1S/C40H30F6O6S6/c1-36(2,3)26-12-11-19(55-26)24-13-16(30(56-24)20-7-9-22(53-20)34(49)50)28-29(39(43,44)40(45,46)38(28,41)42)17-14-25(57-31(17)21-8-10-23(54-21)35(51)52)32-18(33(47)48)15-27(58-32)37(4,5)6/h7-15H,1-6H3,(H,47,48)(H,49,50)(H,51,52). The SMILES string of the molecule is CC(C)(C)c1ccc(-c2cc(C3=C(c4cc(-c5sc(C(C)(C)C)cc5C(=O)O)sc4-c4ccc(C(=O)O)s4)C(F)(F)C(F)(F)C3(F)F)c(-c3ccc(C(=O)O)s3)s2)s1. The highest BCUT2D eigenvalue weighted by molar-refractivity contribution is 7.28.